The molecule has 4 aromatic rings. The van der Waals surface area contributed by atoms with Crippen LogP contribution in [0.3, 0.4) is 0 Å². The molecule has 0 fully saturated rings. The topological polar surface area (TPSA) is 366 Å². The second kappa shape index (κ2) is 38.2. The summed E-state index contributed by atoms with van der Waals surface area (Å²) >= 11 is 5.98. The van der Waals surface area contributed by atoms with E-state index in [4.69, 9.17) is 38.6 Å². The monoisotopic (exact) mass is 1150 g/mol. The van der Waals surface area contributed by atoms with Gasteiger partial charge in [-0.15, -0.1) is 0 Å². The number of ether oxygens (including phenoxy) is 1. The number of aryl methyl sites for hydroxylation is 2. The molecule has 25 heteroatoms. The molecule has 0 aliphatic carbocycles. The van der Waals surface area contributed by atoms with E-state index in [1.165, 1.54) is 40.8 Å². The summed E-state index contributed by atoms with van der Waals surface area (Å²) in [6, 6.07) is 22.6. The first-order chi connectivity index (χ1) is 37.7. The number of rotatable bonds is 30. The molecule has 79 heavy (non-hydrogen) atoms. The Morgan fingerprint density at radius 3 is 1.67 bits per heavy atom. The molecule has 0 spiro atoms. The highest BCUT2D eigenvalue weighted by atomic mass is 35.5. The van der Waals surface area contributed by atoms with E-state index in [1.54, 1.807) is 67.6 Å². The van der Waals surface area contributed by atoms with Crippen LogP contribution >= 0.6 is 33.2 Å². The van der Waals surface area contributed by atoms with Crippen molar-refractivity contribution in [3.8, 4) is 11.5 Å². The highest BCUT2D eigenvalue weighted by molar-refractivity contribution is 8.76. The van der Waals surface area contributed by atoms with Gasteiger partial charge in [0.05, 0.1) is 26.7 Å². The molecule has 0 aromatic heterocycles. The molecule has 4 atom stereocenters. The lowest BCUT2D eigenvalue weighted by Gasteiger charge is -2.23. The van der Waals surface area contributed by atoms with Gasteiger partial charge >= 0.3 is 0 Å². The fourth-order valence-electron chi connectivity index (χ4n) is 6.86. The minimum Gasteiger partial charge on any atom is -0.508 e. The number of primary amides is 2. The zero-order valence-electron chi connectivity index (χ0n) is 44.6. The van der Waals surface area contributed by atoms with Crippen molar-refractivity contribution in [1.82, 2.24) is 37.2 Å². The molecule has 0 aliphatic rings. The van der Waals surface area contributed by atoms with E-state index < -0.39 is 85.2 Å². The van der Waals surface area contributed by atoms with Crippen molar-refractivity contribution in [1.29, 1.82) is 0 Å². The molecule has 9 amide bonds. The molecule has 0 heterocycles. The maximum atomic E-state index is 13.7. The Bertz CT molecular complexity index is 2570. The summed E-state index contributed by atoms with van der Waals surface area (Å²) in [6.45, 7) is 2.52. The van der Waals surface area contributed by atoms with Gasteiger partial charge in [-0.1, -0.05) is 87.3 Å². The molecular weight excluding hydrogens is 1080 g/mol. The fraction of sp³-hybridized carbons (Fsp3) is 0.389. The van der Waals surface area contributed by atoms with Crippen molar-refractivity contribution < 1.29 is 58.1 Å². The lowest BCUT2D eigenvalue weighted by atomic mass is 10.0. The number of nitrogens with two attached hydrogens (primary N) is 3. The van der Waals surface area contributed by atoms with Gasteiger partial charge in [-0.05, 0) is 118 Å². The molecule has 0 saturated carbocycles. The first-order valence-electron chi connectivity index (χ1n) is 25.0. The standard InChI is InChI=1S/C44H58ClN9O10S2.C8H9NO.C2H6O/c1-64-32-17-10-29(11-18-32)22-35(54-44(63)36(26-66-65-2)53-37(56)19-12-27-6-13-30(45)14-7-27)43(62)50-25-40(59)51-33(5-3-4-20-46)42(61)49-23-38(57)48-24-39(58)52-34(41(47)60)21-28-8-15-31(55)16-9-28;1-6-2-4-7(5-3-6)8(9)10;1-2-3/h6-11,13-18,33-36,55H,3-5,12,19-26,46H2,1-2H3,(H2,47,60)(H,48,57)(H,49,61)(H,50,62)(H,51,59)(H,52,58)(H,53,56)(H,54,63);2-5H,1H3,(H2,9,10);3H,2H2,1H3. The molecule has 430 valence electrons. The van der Waals surface area contributed by atoms with Crippen LogP contribution in [0.1, 0.15) is 65.2 Å². The predicted octanol–water partition coefficient (Wildman–Crippen LogP) is 1.48. The van der Waals surface area contributed by atoms with Crippen molar-refractivity contribution in [2.45, 2.75) is 83.0 Å². The summed E-state index contributed by atoms with van der Waals surface area (Å²) in [7, 11) is 4.26. The van der Waals surface area contributed by atoms with Gasteiger partial charge in [0, 0.05) is 42.2 Å². The van der Waals surface area contributed by atoms with E-state index in [-0.39, 0.29) is 55.6 Å². The molecule has 4 rings (SSSR count). The number of methoxy groups -OCH3 is 1. The van der Waals surface area contributed by atoms with Crippen LogP contribution in [0.2, 0.25) is 5.02 Å². The van der Waals surface area contributed by atoms with Crippen LogP contribution in [0.25, 0.3) is 0 Å². The van der Waals surface area contributed by atoms with Gasteiger partial charge in [0.2, 0.25) is 53.2 Å². The SMILES string of the molecule is CCO.COc1ccc(CC(NC(=O)C(CSSC)NC(=O)CCc2ccc(Cl)cc2)C(=O)NCC(=O)NC(CCCCN)C(=O)NCC(=O)NCC(=O)NC(Cc2ccc(O)cc2)C(N)=O)cc1.Cc1ccc(C(N)=O)cc1. The molecule has 15 N–H and O–H groups in total. The van der Waals surface area contributed by atoms with Gasteiger partial charge in [0.25, 0.3) is 0 Å². The van der Waals surface area contributed by atoms with Gasteiger partial charge in [-0.3, -0.25) is 43.2 Å². The third-order valence-electron chi connectivity index (χ3n) is 11.1. The molecule has 0 bridgehead atoms. The highest BCUT2D eigenvalue weighted by Gasteiger charge is 2.29. The van der Waals surface area contributed by atoms with Crippen LogP contribution in [-0.2, 0) is 57.6 Å². The van der Waals surface area contributed by atoms with E-state index in [2.05, 4.69) is 37.2 Å². The van der Waals surface area contributed by atoms with Gasteiger partial charge in [-0.25, -0.2) is 0 Å². The van der Waals surface area contributed by atoms with E-state index in [0.717, 1.165) is 11.1 Å². The quantitative estimate of drug-likeness (QED) is 0.0260. The van der Waals surface area contributed by atoms with Crippen LogP contribution in [0.5, 0.6) is 11.5 Å². The molecule has 4 aromatic carbocycles. The van der Waals surface area contributed by atoms with Gasteiger partial charge in [0.15, 0.2) is 0 Å². The zero-order chi connectivity index (χ0) is 58.7. The molecule has 0 aliphatic heterocycles. The Balaban J connectivity index is 0.00000144. The van der Waals surface area contributed by atoms with Crippen molar-refractivity contribution in [3.05, 3.63) is 130 Å². The van der Waals surface area contributed by atoms with Crippen LogP contribution < -0.4 is 59.2 Å². The Labute approximate surface area is 473 Å². The van der Waals surface area contributed by atoms with Gasteiger partial charge in [-0.2, -0.15) is 0 Å². The minimum absolute atomic E-state index is 0.00939. The van der Waals surface area contributed by atoms with Crippen LogP contribution in [0.4, 0.5) is 0 Å². The fourth-order valence-corrected chi connectivity index (χ4v) is 8.31. The average molecular weight is 1150 g/mol. The second-order valence-electron chi connectivity index (χ2n) is 17.4. The van der Waals surface area contributed by atoms with Crippen molar-refractivity contribution in [2.75, 3.05) is 51.9 Å². The number of phenolic OH excluding ortho intramolecular Hbond substituents is 1. The first kappa shape index (κ1) is 67.7. The number of phenols is 1. The second-order valence-corrected chi connectivity index (χ2v) is 20.4. The molecule has 4 unspecified atom stereocenters. The largest absolute Gasteiger partial charge is 0.508 e. The zero-order valence-corrected chi connectivity index (χ0v) is 47.0. The number of halogens is 1. The maximum absolute atomic E-state index is 13.7. The Morgan fingerprint density at radius 2 is 1.13 bits per heavy atom. The number of nitrogens with one attached hydrogen (secondary N) is 7. The number of amides is 9. The lowest BCUT2D eigenvalue weighted by molar-refractivity contribution is -0.133. The maximum Gasteiger partial charge on any atom is 0.248 e. The first-order valence-corrected chi connectivity index (χ1v) is 28.1. The van der Waals surface area contributed by atoms with Crippen LogP contribution in [0, 0.1) is 6.92 Å². The Kier molecular flexibility index (Phi) is 32.8. The van der Waals surface area contributed by atoms with Crippen molar-refractivity contribution in [3.63, 3.8) is 0 Å². The van der Waals surface area contributed by atoms with Gasteiger partial charge in [0.1, 0.15) is 35.7 Å². The van der Waals surface area contributed by atoms with Crippen LogP contribution in [-0.4, -0.2) is 139 Å². The summed E-state index contributed by atoms with van der Waals surface area (Å²) in [4.78, 5) is 115. The average Bonchev–Trinajstić information content (AvgIpc) is 3.42. The Morgan fingerprint density at radius 1 is 0.620 bits per heavy atom. The molecule has 0 radical (unpaired) electrons. The lowest BCUT2D eigenvalue weighted by Crippen LogP contribution is -2.56. The molecular formula is C54H73ClN10O12S2. The number of unbranched alkanes of at least 4 members (excludes halogenated alkanes) is 1. The summed E-state index contributed by atoms with van der Waals surface area (Å²) in [5.41, 5.74) is 20.0. The highest BCUT2D eigenvalue weighted by Crippen LogP contribution is 2.19. The molecule has 0 saturated heterocycles. The number of hydrogen-bond acceptors (Lipinski definition) is 15. The number of aliphatic hydroxyl groups excluding tert-OH is 1. The summed E-state index contributed by atoms with van der Waals surface area (Å²) in [6.07, 6.45) is 3.48. The number of hydrogen-bond donors (Lipinski definition) is 12. The Hall–Kier alpha value is -7.38. The van der Waals surface area contributed by atoms with E-state index in [1.807, 2.05) is 37.4 Å². The van der Waals surface area contributed by atoms with E-state index >= 15 is 0 Å². The number of carbonyl (C=O) groups excluding carboxylic acids is 9. The summed E-state index contributed by atoms with van der Waals surface area (Å²) < 4.78 is 5.24. The molecule has 22 nitrogen and oxygen atoms in total. The summed E-state index contributed by atoms with van der Waals surface area (Å²) in [5.74, 6) is -5.03. The predicted molar refractivity (Wildman–Crippen MR) is 306 cm³/mol. The van der Waals surface area contributed by atoms with Crippen molar-refractivity contribution >= 4 is 86.4 Å². The minimum atomic E-state index is -1.20. The normalized spacial score (nSPS) is 11.9. The number of benzene rings is 4. The van der Waals surface area contributed by atoms with E-state index in [9.17, 15) is 48.3 Å². The smallest absolute Gasteiger partial charge is 0.248 e. The number of aliphatic hydroxyl groups is 1. The van der Waals surface area contributed by atoms with E-state index in [0.29, 0.717) is 53.3 Å². The summed E-state index contributed by atoms with van der Waals surface area (Å²) in [5, 5.41) is 35.4. The number of carbonyl (C=O) groups is 9. The van der Waals surface area contributed by atoms with Crippen LogP contribution in [0.15, 0.2) is 97.1 Å². The van der Waals surface area contributed by atoms with Gasteiger partial charge < -0.3 is 69.4 Å². The number of aromatic hydroxyl groups is 1. The third kappa shape index (κ3) is 28.7. The third-order valence-corrected chi connectivity index (χ3v) is 13.1. The van der Waals surface area contributed by atoms with Crippen molar-refractivity contribution in [2.24, 2.45) is 17.2 Å².